The first-order valence-electron chi connectivity index (χ1n) is 9.65. The number of ether oxygens (including phenoxy) is 1. The zero-order chi connectivity index (χ0) is 22.5. The van der Waals surface area contributed by atoms with Crippen LogP contribution in [-0.4, -0.2) is 58.1 Å². The van der Waals surface area contributed by atoms with E-state index in [2.05, 4.69) is 16.5 Å². The van der Waals surface area contributed by atoms with Crippen LogP contribution in [0.25, 0.3) is 0 Å². The van der Waals surface area contributed by atoms with Crippen molar-refractivity contribution in [3.63, 3.8) is 0 Å². The fraction of sp³-hybridized carbons (Fsp3) is 0.400. The van der Waals surface area contributed by atoms with Gasteiger partial charge in [-0.15, -0.1) is 0 Å². The Labute approximate surface area is 178 Å². The summed E-state index contributed by atoms with van der Waals surface area (Å²) < 4.78 is 19.8. The molecule has 31 heavy (non-hydrogen) atoms. The van der Waals surface area contributed by atoms with E-state index in [1.165, 1.54) is 47.2 Å². The summed E-state index contributed by atoms with van der Waals surface area (Å²) in [6.45, 7) is 0.497. The van der Waals surface area contributed by atoms with Gasteiger partial charge in [-0.1, -0.05) is 0 Å². The first-order chi connectivity index (χ1) is 14.8. The lowest BCUT2D eigenvalue weighted by Crippen LogP contribution is -2.52. The van der Waals surface area contributed by atoms with Gasteiger partial charge in [0.1, 0.15) is 11.4 Å². The lowest BCUT2D eigenvalue weighted by molar-refractivity contribution is 0.0438. The van der Waals surface area contributed by atoms with Crippen molar-refractivity contribution in [2.75, 3.05) is 25.6 Å². The Bertz CT molecular complexity index is 987. The predicted molar refractivity (Wildman–Crippen MR) is 108 cm³/mol. The first-order valence-corrected chi connectivity index (χ1v) is 9.65. The zero-order valence-electron chi connectivity index (χ0n) is 16.9. The number of aromatic nitrogens is 2. The van der Waals surface area contributed by atoms with E-state index in [1.807, 2.05) is 0 Å². The standard InChI is InChI=1S/C20H23FN6O4/c1-31-9-7-16-17(12(10-22)6-8-26(16)20(29)30)27-11-15(18(23)28)19(25-27)24-14-4-2-13(21)3-5-14/h2-5,11-12,16-17H,6-9H2,1H3,(H2,23,28)(H,24,25)(H,29,30)/t12-,16?,17-/m0/s1. The second kappa shape index (κ2) is 9.44. The van der Waals surface area contributed by atoms with Crippen LogP contribution in [-0.2, 0) is 4.74 Å². The molecule has 10 nitrogen and oxygen atoms in total. The number of carboxylic acid groups (broad SMARTS) is 1. The van der Waals surface area contributed by atoms with Gasteiger partial charge in [0.2, 0.25) is 0 Å². The number of carbonyl (C=O) groups is 2. The van der Waals surface area contributed by atoms with Gasteiger partial charge in [-0.2, -0.15) is 10.4 Å². The number of hydrogen-bond donors (Lipinski definition) is 3. The van der Waals surface area contributed by atoms with E-state index >= 15 is 0 Å². The molecular formula is C20H23FN6O4. The topological polar surface area (TPSA) is 146 Å². The predicted octanol–water partition coefficient (Wildman–Crippen LogP) is 2.33. The highest BCUT2D eigenvalue weighted by Crippen LogP contribution is 2.36. The highest BCUT2D eigenvalue weighted by Gasteiger charge is 2.42. The van der Waals surface area contributed by atoms with Gasteiger partial charge in [0.25, 0.3) is 5.91 Å². The molecule has 2 heterocycles. The average Bonchev–Trinajstić information content (AvgIpc) is 3.16. The molecule has 164 valence electrons. The molecule has 1 unspecified atom stereocenters. The van der Waals surface area contributed by atoms with E-state index in [0.717, 1.165) is 0 Å². The smallest absolute Gasteiger partial charge is 0.407 e. The molecule has 1 aliphatic rings. The monoisotopic (exact) mass is 430 g/mol. The lowest BCUT2D eigenvalue weighted by atomic mass is 9.85. The number of piperidine rings is 1. The maximum Gasteiger partial charge on any atom is 0.407 e. The molecule has 4 N–H and O–H groups in total. The van der Waals surface area contributed by atoms with E-state index in [1.54, 1.807) is 0 Å². The van der Waals surface area contributed by atoms with Crippen molar-refractivity contribution in [3.8, 4) is 6.07 Å². The molecule has 2 aromatic rings. The van der Waals surface area contributed by atoms with Crippen LogP contribution in [0.5, 0.6) is 0 Å². The van der Waals surface area contributed by atoms with Gasteiger partial charge < -0.3 is 25.8 Å². The van der Waals surface area contributed by atoms with Crippen molar-refractivity contribution in [1.82, 2.24) is 14.7 Å². The quantitative estimate of drug-likeness (QED) is 0.611. The normalized spacial score (nSPS) is 20.8. The molecule has 3 atom stereocenters. The fourth-order valence-electron chi connectivity index (χ4n) is 3.86. The van der Waals surface area contributed by atoms with Gasteiger partial charge in [0.15, 0.2) is 5.82 Å². The van der Waals surface area contributed by atoms with Crippen LogP contribution in [0.3, 0.4) is 0 Å². The molecule has 1 aliphatic heterocycles. The second-order valence-electron chi connectivity index (χ2n) is 7.21. The Morgan fingerprint density at radius 3 is 2.71 bits per heavy atom. The van der Waals surface area contributed by atoms with Crippen LogP contribution in [0.15, 0.2) is 30.5 Å². The molecule has 0 saturated carbocycles. The second-order valence-corrected chi connectivity index (χ2v) is 7.21. The van der Waals surface area contributed by atoms with Crippen molar-refractivity contribution in [2.45, 2.75) is 24.9 Å². The molecular weight excluding hydrogens is 407 g/mol. The summed E-state index contributed by atoms with van der Waals surface area (Å²) in [6.07, 6.45) is 0.977. The SMILES string of the molecule is COCCC1[C@@H](n2cc(C(N)=O)c(Nc3ccc(F)cc3)n2)[C@H](C#N)CCN1C(=O)O. The number of benzene rings is 1. The van der Waals surface area contributed by atoms with Crippen molar-refractivity contribution in [3.05, 3.63) is 41.8 Å². The molecule has 3 rings (SSSR count). The van der Waals surface area contributed by atoms with Crippen LogP contribution in [0, 0.1) is 23.1 Å². The summed E-state index contributed by atoms with van der Waals surface area (Å²) in [5, 5.41) is 26.7. The summed E-state index contributed by atoms with van der Waals surface area (Å²) in [5.41, 5.74) is 6.06. The molecule has 1 aromatic carbocycles. The largest absolute Gasteiger partial charge is 0.465 e. The molecule has 11 heteroatoms. The summed E-state index contributed by atoms with van der Waals surface area (Å²) in [7, 11) is 1.51. The van der Waals surface area contributed by atoms with Crippen molar-refractivity contribution >= 4 is 23.5 Å². The number of carbonyl (C=O) groups excluding carboxylic acids is 1. The fourth-order valence-corrected chi connectivity index (χ4v) is 3.86. The third-order valence-corrected chi connectivity index (χ3v) is 5.33. The minimum Gasteiger partial charge on any atom is -0.465 e. The van der Waals surface area contributed by atoms with Crippen LogP contribution in [0.4, 0.5) is 20.7 Å². The first kappa shape index (κ1) is 22.0. The minimum absolute atomic E-state index is 0.0685. The van der Waals surface area contributed by atoms with Gasteiger partial charge in [0.05, 0.1) is 24.1 Å². The molecule has 1 saturated heterocycles. The van der Waals surface area contributed by atoms with Gasteiger partial charge in [-0.3, -0.25) is 9.48 Å². The Balaban J connectivity index is 2.02. The van der Waals surface area contributed by atoms with Gasteiger partial charge >= 0.3 is 6.09 Å². The maximum absolute atomic E-state index is 13.2. The number of methoxy groups -OCH3 is 1. The van der Waals surface area contributed by atoms with E-state index in [9.17, 15) is 24.3 Å². The number of nitriles is 1. The van der Waals surface area contributed by atoms with E-state index < -0.39 is 35.8 Å². The molecule has 1 fully saturated rings. The van der Waals surface area contributed by atoms with E-state index in [-0.39, 0.29) is 24.5 Å². The van der Waals surface area contributed by atoms with E-state index in [4.69, 9.17) is 10.5 Å². The number of nitrogens with two attached hydrogens (primary N) is 1. The Kier molecular flexibility index (Phi) is 6.71. The van der Waals surface area contributed by atoms with Crippen molar-refractivity contribution in [1.29, 1.82) is 5.26 Å². The van der Waals surface area contributed by atoms with Crippen molar-refractivity contribution in [2.24, 2.45) is 11.7 Å². The third-order valence-electron chi connectivity index (χ3n) is 5.33. The number of primary amides is 1. The van der Waals surface area contributed by atoms with Gasteiger partial charge in [-0.05, 0) is 37.1 Å². The summed E-state index contributed by atoms with van der Waals surface area (Å²) in [6, 6.07) is 6.46. The Morgan fingerprint density at radius 1 is 1.42 bits per heavy atom. The van der Waals surface area contributed by atoms with E-state index in [0.29, 0.717) is 18.5 Å². The highest BCUT2D eigenvalue weighted by atomic mass is 19.1. The van der Waals surface area contributed by atoms with Crippen LogP contribution in [0.2, 0.25) is 0 Å². The van der Waals surface area contributed by atoms with Gasteiger partial charge in [0, 0.05) is 32.1 Å². The number of nitrogens with one attached hydrogen (secondary N) is 1. The number of likely N-dealkylation sites (tertiary alicyclic amines) is 1. The summed E-state index contributed by atoms with van der Waals surface area (Å²) in [4.78, 5) is 25.1. The zero-order valence-corrected chi connectivity index (χ0v) is 16.9. The number of amides is 2. The number of rotatable bonds is 7. The summed E-state index contributed by atoms with van der Waals surface area (Å²) >= 11 is 0. The number of hydrogen-bond acceptors (Lipinski definition) is 6. The molecule has 1 aromatic heterocycles. The minimum atomic E-state index is -1.10. The van der Waals surface area contributed by atoms with Crippen LogP contribution >= 0.6 is 0 Å². The van der Waals surface area contributed by atoms with Gasteiger partial charge in [-0.25, -0.2) is 9.18 Å². The van der Waals surface area contributed by atoms with Crippen LogP contribution < -0.4 is 11.1 Å². The molecule has 0 aliphatic carbocycles. The van der Waals surface area contributed by atoms with Crippen LogP contribution in [0.1, 0.15) is 29.2 Å². The Morgan fingerprint density at radius 2 is 2.13 bits per heavy atom. The Hall–Kier alpha value is -3.65. The number of anilines is 2. The maximum atomic E-state index is 13.2. The van der Waals surface area contributed by atoms with Crippen molar-refractivity contribution < 1.29 is 23.8 Å². The molecule has 0 radical (unpaired) electrons. The number of nitrogens with zero attached hydrogens (tertiary/aromatic N) is 4. The average molecular weight is 430 g/mol. The molecule has 0 spiro atoms. The highest BCUT2D eigenvalue weighted by molar-refractivity contribution is 5.98. The summed E-state index contributed by atoms with van der Waals surface area (Å²) in [5.74, 6) is -1.56. The molecule has 0 bridgehead atoms. The lowest BCUT2D eigenvalue weighted by Gasteiger charge is -2.42. The number of halogens is 1. The third kappa shape index (κ3) is 4.75. The molecule has 2 amide bonds.